The zero-order valence-corrected chi connectivity index (χ0v) is 15.6. The second-order valence-electron chi connectivity index (χ2n) is 6.85. The fourth-order valence-corrected chi connectivity index (χ4v) is 3.25. The van der Waals surface area contributed by atoms with Crippen LogP contribution in [0.5, 0.6) is 0 Å². The summed E-state index contributed by atoms with van der Waals surface area (Å²) in [6.07, 6.45) is 0.733. The third kappa shape index (κ3) is 6.30. The zero-order valence-electron chi connectivity index (χ0n) is 15.6. The standard InChI is InChI=1S/C20H26N4O3/c1-15-11-20(26)23-18(22-15)7-8-21-19(25)12-17-14-24(9-10-27-17)13-16-5-3-2-4-6-16/h2-6,11,17H,7-10,12-14H2,1H3,(H,21,25)(H,22,23,26). The normalized spacial score (nSPS) is 17.6. The number of amides is 1. The van der Waals surface area contributed by atoms with Crippen LogP contribution >= 0.6 is 0 Å². The van der Waals surface area contributed by atoms with Gasteiger partial charge in [0.15, 0.2) is 0 Å². The average molecular weight is 370 g/mol. The maximum atomic E-state index is 12.2. The number of ether oxygens (including phenoxy) is 1. The molecule has 0 saturated carbocycles. The first kappa shape index (κ1) is 19.3. The number of H-pyrrole nitrogens is 1. The number of nitrogens with one attached hydrogen (secondary N) is 2. The zero-order chi connectivity index (χ0) is 19.1. The van der Waals surface area contributed by atoms with Gasteiger partial charge >= 0.3 is 0 Å². The fraction of sp³-hybridized carbons (Fsp3) is 0.450. The number of nitrogens with zero attached hydrogens (tertiary/aromatic N) is 2. The van der Waals surface area contributed by atoms with Gasteiger partial charge in [0.1, 0.15) is 5.82 Å². The van der Waals surface area contributed by atoms with E-state index in [0.717, 1.165) is 19.6 Å². The van der Waals surface area contributed by atoms with Crippen LogP contribution in [0.1, 0.15) is 23.5 Å². The number of rotatable bonds is 7. The molecule has 7 nitrogen and oxygen atoms in total. The first-order chi connectivity index (χ1) is 13.1. The highest BCUT2D eigenvalue weighted by molar-refractivity contribution is 5.76. The highest BCUT2D eigenvalue weighted by Gasteiger charge is 2.22. The van der Waals surface area contributed by atoms with Crippen molar-refractivity contribution in [3.63, 3.8) is 0 Å². The lowest BCUT2D eigenvalue weighted by molar-refractivity contribution is -0.126. The topological polar surface area (TPSA) is 87.3 Å². The number of carbonyl (C=O) groups is 1. The third-order valence-corrected chi connectivity index (χ3v) is 4.49. The second-order valence-corrected chi connectivity index (χ2v) is 6.85. The van der Waals surface area contributed by atoms with E-state index in [1.807, 2.05) is 18.2 Å². The minimum absolute atomic E-state index is 0.0449. The van der Waals surface area contributed by atoms with Crippen molar-refractivity contribution in [1.29, 1.82) is 0 Å². The summed E-state index contributed by atoms with van der Waals surface area (Å²) in [7, 11) is 0. The van der Waals surface area contributed by atoms with E-state index in [9.17, 15) is 9.59 Å². The Kier molecular flexibility index (Phi) is 6.73. The third-order valence-electron chi connectivity index (χ3n) is 4.49. The Morgan fingerprint density at radius 2 is 2.19 bits per heavy atom. The first-order valence-corrected chi connectivity index (χ1v) is 9.30. The Morgan fingerprint density at radius 1 is 1.37 bits per heavy atom. The van der Waals surface area contributed by atoms with E-state index in [2.05, 4.69) is 32.3 Å². The van der Waals surface area contributed by atoms with Crippen LogP contribution in [0.4, 0.5) is 0 Å². The molecular weight excluding hydrogens is 344 g/mol. The molecule has 3 rings (SSSR count). The summed E-state index contributed by atoms with van der Waals surface area (Å²) in [6.45, 7) is 5.34. The molecule has 1 unspecified atom stereocenters. The van der Waals surface area contributed by atoms with Gasteiger partial charge in [-0.25, -0.2) is 4.98 Å². The maximum absolute atomic E-state index is 12.2. The van der Waals surface area contributed by atoms with Crippen molar-refractivity contribution in [1.82, 2.24) is 20.2 Å². The molecule has 1 aromatic carbocycles. The smallest absolute Gasteiger partial charge is 0.251 e. The number of morpholine rings is 1. The van der Waals surface area contributed by atoms with Crippen LogP contribution in [0.3, 0.4) is 0 Å². The van der Waals surface area contributed by atoms with Gasteiger partial charge in [0, 0.05) is 44.4 Å². The summed E-state index contributed by atoms with van der Waals surface area (Å²) in [4.78, 5) is 32.9. The van der Waals surface area contributed by atoms with E-state index in [4.69, 9.17) is 4.74 Å². The minimum Gasteiger partial charge on any atom is -0.375 e. The predicted octanol–water partition coefficient (Wildman–Crippen LogP) is 1.03. The molecule has 0 aliphatic carbocycles. The van der Waals surface area contributed by atoms with Crippen molar-refractivity contribution in [3.8, 4) is 0 Å². The van der Waals surface area contributed by atoms with Crippen LogP contribution in [-0.4, -0.2) is 53.1 Å². The molecule has 2 aromatic rings. The van der Waals surface area contributed by atoms with Crippen molar-refractivity contribution >= 4 is 5.91 Å². The van der Waals surface area contributed by atoms with E-state index in [1.54, 1.807) is 6.92 Å². The molecule has 1 amide bonds. The number of hydrogen-bond acceptors (Lipinski definition) is 5. The molecule has 0 radical (unpaired) electrons. The molecule has 1 fully saturated rings. The van der Waals surface area contributed by atoms with Gasteiger partial charge in [-0.15, -0.1) is 0 Å². The van der Waals surface area contributed by atoms with Crippen LogP contribution in [0.15, 0.2) is 41.2 Å². The van der Waals surface area contributed by atoms with Crippen LogP contribution in [0.2, 0.25) is 0 Å². The summed E-state index contributed by atoms with van der Waals surface area (Å²) in [5.41, 5.74) is 1.77. The van der Waals surface area contributed by atoms with Gasteiger partial charge in [0.25, 0.3) is 5.56 Å². The second kappa shape index (κ2) is 9.43. The first-order valence-electron chi connectivity index (χ1n) is 9.30. The van der Waals surface area contributed by atoms with Crippen molar-refractivity contribution in [2.45, 2.75) is 32.4 Å². The maximum Gasteiger partial charge on any atom is 0.251 e. The Labute approximate surface area is 158 Å². The molecule has 1 aliphatic heterocycles. The molecule has 1 atom stereocenters. The van der Waals surface area contributed by atoms with Crippen LogP contribution in [0, 0.1) is 6.92 Å². The van der Waals surface area contributed by atoms with Crippen LogP contribution in [0.25, 0.3) is 0 Å². The molecule has 1 saturated heterocycles. The molecule has 1 aliphatic rings. The summed E-state index contributed by atoms with van der Waals surface area (Å²) >= 11 is 0. The van der Waals surface area contributed by atoms with Gasteiger partial charge in [0.2, 0.25) is 5.91 Å². The van der Waals surface area contributed by atoms with Gasteiger partial charge in [0.05, 0.1) is 19.1 Å². The van der Waals surface area contributed by atoms with E-state index in [1.165, 1.54) is 11.6 Å². The minimum atomic E-state index is -0.169. The molecule has 2 N–H and O–H groups in total. The molecule has 2 heterocycles. The summed E-state index contributed by atoms with van der Waals surface area (Å²) in [5, 5.41) is 2.88. The Bertz CT molecular complexity index is 806. The highest BCUT2D eigenvalue weighted by Crippen LogP contribution is 2.12. The lowest BCUT2D eigenvalue weighted by Gasteiger charge is -2.32. The van der Waals surface area contributed by atoms with Crippen molar-refractivity contribution in [2.75, 3.05) is 26.2 Å². The van der Waals surface area contributed by atoms with E-state index in [0.29, 0.717) is 37.5 Å². The van der Waals surface area contributed by atoms with E-state index in [-0.39, 0.29) is 17.6 Å². The summed E-state index contributed by atoms with van der Waals surface area (Å²) in [5.74, 6) is 0.541. The molecule has 1 aromatic heterocycles. The number of carbonyl (C=O) groups excluding carboxylic acids is 1. The van der Waals surface area contributed by atoms with Gasteiger partial charge in [-0.2, -0.15) is 0 Å². The Balaban J connectivity index is 1.41. The fourth-order valence-electron chi connectivity index (χ4n) is 3.25. The average Bonchev–Trinajstić information content (AvgIpc) is 2.62. The Morgan fingerprint density at radius 3 is 2.96 bits per heavy atom. The number of hydrogen-bond donors (Lipinski definition) is 2. The van der Waals surface area contributed by atoms with E-state index >= 15 is 0 Å². The predicted molar refractivity (Wildman–Crippen MR) is 102 cm³/mol. The van der Waals surface area contributed by atoms with E-state index < -0.39 is 0 Å². The van der Waals surface area contributed by atoms with Gasteiger partial charge < -0.3 is 15.0 Å². The summed E-state index contributed by atoms with van der Waals surface area (Å²) < 4.78 is 5.75. The summed E-state index contributed by atoms with van der Waals surface area (Å²) in [6, 6.07) is 11.8. The number of aromatic amines is 1. The SMILES string of the molecule is Cc1cc(=O)[nH]c(CCNC(=O)CC2CN(Cc3ccccc3)CCO2)n1. The Hall–Kier alpha value is -2.51. The van der Waals surface area contributed by atoms with Gasteiger partial charge in [-0.1, -0.05) is 30.3 Å². The van der Waals surface area contributed by atoms with Gasteiger partial charge in [-0.3, -0.25) is 14.5 Å². The lowest BCUT2D eigenvalue weighted by Crippen LogP contribution is -2.44. The molecular formula is C20H26N4O3. The van der Waals surface area contributed by atoms with Crippen molar-refractivity contribution in [3.05, 3.63) is 63.8 Å². The van der Waals surface area contributed by atoms with Crippen molar-refractivity contribution < 1.29 is 9.53 Å². The lowest BCUT2D eigenvalue weighted by atomic mass is 10.1. The molecule has 144 valence electrons. The number of aryl methyl sites for hydroxylation is 1. The van der Waals surface area contributed by atoms with Crippen LogP contribution in [-0.2, 0) is 22.5 Å². The number of aromatic nitrogens is 2. The molecule has 0 bridgehead atoms. The molecule has 7 heteroatoms. The quantitative estimate of drug-likeness (QED) is 0.760. The molecule has 0 spiro atoms. The largest absolute Gasteiger partial charge is 0.375 e. The number of benzene rings is 1. The van der Waals surface area contributed by atoms with Crippen LogP contribution < -0.4 is 10.9 Å². The highest BCUT2D eigenvalue weighted by atomic mass is 16.5. The van der Waals surface area contributed by atoms with Crippen molar-refractivity contribution in [2.24, 2.45) is 0 Å². The monoisotopic (exact) mass is 370 g/mol. The van der Waals surface area contributed by atoms with Gasteiger partial charge in [-0.05, 0) is 12.5 Å². The molecule has 27 heavy (non-hydrogen) atoms.